The summed E-state index contributed by atoms with van der Waals surface area (Å²) in [7, 11) is 0. The first-order valence-electron chi connectivity index (χ1n) is 7.03. The van der Waals surface area contributed by atoms with Crippen LogP contribution in [0.4, 0.5) is 0 Å². The largest absolute Gasteiger partial charge is 0.475 e. The fraction of sp³-hybridized carbons (Fsp3) is 0.294. The Morgan fingerprint density at radius 1 is 0.950 bits per heavy atom. The molecule has 0 unspecified atom stereocenters. The van der Waals surface area contributed by atoms with E-state index in [-0.39, 0.29) is 4.51 Å². The third kappa shape index (κ3) is 2.04. The van der Waals surface area contributed by atoms with E-state index in [9.17, 15) is 0 Å². The molecule has 0 radical (unpaired) electrons. The Morgan fingerprint density at radius 3 is 2.55 bits per heavy atom. The van der Waals surface area contributed by atoms with Crippen LogP contribution < -0.4 is 4.74 Å². The third-order valence-electron chi connectivity index (χ3n) is 4.01. The lowest BCUT2D eigenvalue weighted by Gasteiger charge is -2.23. The van der Waals surface area contributed by atoms with E-state index in [0.29, 0.717) is 0 Å². The minimum absolute atomic E-state index is 0.155. The van der Waals surface area contributed by atoms with Crippen LogP contribution in [0.25, 0.3) is 20.2 Å². The summed E-state index contributed by atoms with van der Waals surface area (Å²) in [6.45, 7) is 0. The topological polar surface area (TPSA) is 9.23 Å². The van der Waals surface area contributed by atoms with Crippen molar-refractivity contribution in [2.24, 2.45) is 0 Å². The molecule has 3 heteroatoms. The molecule has 1 saturated carbocycles. The van der Waals surface area contributed by atoms with Gasteiger partial charge in [-0.05, 0) is 53.7 Å². The first-order chi connectivity index (χ1) is 9.75. The zero-order valence-electron chi connectivity index (χ0n) is 11.1. The molecule has 0 saturated heterocycles. The smallest absolute Gasteiger partial charge is 0.163 e. The average Bonchev–Trinajstić information content (AvgIpc) is 3.04. The summed E-state index contributed by atoms with van der Waals surface area (Å²) in [5.41, 5.74) is 0. The summed E-state index contributed by atoms with van der Waals surface area (Å²) in [5.74, 6) is 1.02. The molecule has 1 heterocycles. The molecule has 0 aliphatic heterocycles. The number of hydrogen-bond acceptors (Lipinski definition) is 2. The Labute approximate surface area is 130 Å². The van der Waals surface area contributed by atoms with Crippen LogP contribution in [0.5, 0.6) is 5.75 Å². The number of hydrogen-bond donors (Lipinski definition) is 0. The van der Waals surface area contributed by atoms with E-state index < -0.39 is 0 Å². The lowest BCUT2D eigenvalue weighted by atomic mass is 10.1. The zero-order valence-corrected chi connectivity index (χ0v) is 13.5. The lowest BCUT2D eigenvalue weighted by Crippen LogP contribution is -2.23. The van der Waals surface area contributed by atoms with E-state index in [1.807, 2.05) is 11.3 Å². The maximum Gasteiger partial charge on any atom is 0.163 e. The number of thiophene rings is 1. The number of alkyl halides is 1. The van der Waals surface area contributed by atoms with Crippen molar-refractivity contribution in [3.8, 4) is 5.75 Å². The summed E-state index contributed by atoms with van der Waals surface area (Å²) >= 11 is 5.62. The second-order valence-electron chi connectivity index (χ2n) is 5.42. The van der Waals surface area contributed by atoms with E-state index >= 15 is 0 Å². The molecule has 2 aromatic carbocycles. The van der Waals surface area contributed by atoms with Crippen LogP contribution in [0, 0.1) is 0 Å². The molecule has 20 heavy (non-hydrogen) atoms. The van der Waals surface area contributed by atoms with E-state index in [2.05, 4.69) is 58.4 Å². The quantitative estimate of drug-likeness (QED) is 0.509. The maximum atomic E-state index is 6.33. The van der Waals surface area contributed by atoms with Crippen molar-refractivity contribution in [1.29, 1.82) is 0 Å². The zero-order chi connectivity index (χ0) is 13.6. The minimum atomic E-state index is -0.155. The summed E-state index contributed by atoms with van der Waals surface area (Å²) in [6.07, 6.45) is 4.67. The van der Waals surface area contributed by atoms with Gasteiger partial charge in [-0.2, -0.15) is 0 Å². The Morgan fingerprint density at radius 2 is 1.70 bits per heavy atom. The monoisotopic (exact) mass is 346 g/mol. The highest BCUT2D eigenvalue weighted by Gasteiger charge is 2.33. The molecule has 102 valence electrons. The van der Waals surface area contributed by atoms with Crippen molar-refractivity contribution in [2.45, 2.75) is 30.2 Å². The third-order valence-corrected chi connectivity index (χ3v) is 6.17. The van der Waals surface area contributed by atoms with Crippen molar-refractivity contribution < 1.29 is 4.74 Å². The van der Waals surface area contributed by atoms with E-state index in [4.69, 9.17) is 4.74 Å². The highest BCUT2D eigenvalue weighted by molar-refractivity contribution is 9.10. The summed E-state index contributed by atoms with van der Waals surface area (Å²) in [4.78, 5) is 0. The number of halogens is 1. The standard InChI is InChI=1S/C17H15BrOS/c18-17(10-3-4-11-17)19-14-8-5-7-13-12-6-1-2-9-15(12)20-16(13)14/h1-2,5-9H,3-4,10-11H2. The Bertz CT molecular complexity index is 771. The highest BCUT2D eigenvalue weighted by atomic mass is 79.9. The summed E-state index contributed by atoms with van der Waals surface area (Å²) in [6, 6.07) is 15.0. The van der Waals surface area contributed by atoms with Gasteiger partial charge in [0.2, 0.25) is 0 Å². The molecule has 1 aliphatic carbocycles. The van der Waals surface area contributed by atoms with Crippen molar-refractivity contribution in [2.75, 3.05) is 0 Å². The van der Waals surface area contributed by atoms with Gasteiger partial charge in [0.15, 0.2) is 4.51 Å². The van der Waals surface area contributed by atoms with Crippen molar-refractivity contribution in [3.63, 3.8) is 0 Å². The predicted octanol–water partition coefficient (Wildman–Crippen LogP) is 6.10. The normalized spacial score (nSPS) is 17.9. The predicted molar refractivity (Wildman–Crippen MR) is 90.1 cm³/mol. The van der Waals surface area contributed by atoms with Crippen LogP contribution in [0.1, 0.15) is 25.7 Å². The maximum absolute atomic E-state index is 6.33. The Kier molecular flexibility index (Phi) is 3.00. The van der Waals surface area contributed by atoms with Gasteiger partial charge in [0.05, 0.1) is 4.70 Å². The fourth-order valence-corrected chi connectivity index (χ4v) is 4.89. The highest BCUT2D eigenvalue weighted by Crippen LogP contribution is 2.44. The van der Waals surface area contributed by atoms with Crippen molar-refractivity contribution in [3.05, 3.63) is 42.5 Å². The van der Waals surface area contributed by atoms with Gasteiger partial charge in [0.25, 0.3) is 0 Å². The molecule has 1 aliphatic rings. The molecule has 0 atom stereocenters. The minimum Gasteiger partial charge on any atom is -0.475 e. The Hall–Kier alpha value is -1.06. The SMILES string of the molecule is BrC1(Oc2cccc3c2sc2ccccc23)CCCC1. The molecular weight excluding hydrogens is 332 g/mol. The van der Waals surface area contributed by atoms with E-state index in [1.165, 1.54) is 33.0 Å². The molecule has 0 bridgehead atoms. The number of fused-ring (bicyclic) bond motifs is 3. The molecule has 1 nitrogen and oxygen atoms in total. The molecule has 0 N–H and O–H groups in total. The second-order valence-corrected chi connectivity index (χ2v) is 7.92. The van der Waals surface area contributed by atoms with Crippen molar-refractivity contribution >= 4 is 47.4 Å². The first kappa shape index (κ1) is 12.7. The number of ether oxygens (including phenoxy) is 1. The van der Waals surface area contributed by atoms with E-state index in [1.54, 1.807) is 0 Å². The van der Waals surface area contributed by atoms with Crippen LogP contribution >= 0.6 is 27.3 Å². The molecule has 1 fully saturated rings. The van der Waals surface area contributed by atoms with E-state index in [0.717, 1.165) is 18.6 Å². The molecule has 1 aromatic heterocycles. The van der Waals surface area contributed by atoms with Gasteiger partial charge in [0.1, 0.15) is 5.75 Å². The van der Waals surface area contributed by atoms with Gasteiger partial charge in [-0.3, -0.25) is 0 Å². The summed E-state index contributed by atoms with van der Waals surface area (Å²) in [5, 5.41) is 2.63. The summed E-state index contributed by atoms with van der Waals surface area (Å²) < 4.78 is 8.77. The van der Waals surface area contributed by atoms with Crippen LogP contribution in [-0.4, -0.2) is 4.51 Å². The van der Waals surface area contributed by atoms with Crippen LogP contribution in [0.15, 0.2) is 42.5 Å². The molecular formula is C17H15BrOS. The van der Waals surface area contributed by atoms with Crippen molar-refractivity contribution in [1.82, 2.24) is 0 Å². The first-order valence-corrected chi connectivity index (χ1v) is 8.64. The Balaban J connectivity index is 1.87. The van der Waals surface area contributed by atoms with Gasteiger partial charge in [-0.15, -0.1) is 11.3 Å². The number of rotatable bonds is 2. The second kappa shape index (κ2) is 4.74. The van der Waals surface area contributed by atoms with Gasteiger partial charge in [0, 0.05) is 15.5 Å². The van der Waals surface area contributed by atoms with Gasteiger partial charge in [-0.1, -0.05) is 30.3 Å². The van der Waals surface area contributed by atoms with Gasteiger partial charge in [-0.25, -0.2) is 0 Å². The van der Waals surface area contributed by atoms with Crippen LogP contribution in [0.3, 0.4) is 0 Å². The fourth-order valence-electron chi connectivity index (χ4n) is 3.00. The number of benzene rings is 2. The molecule has 4 rings (SSSR count). The lowest BCUT2D eigenvalue weighted by molar-refractivity contribution is 0.184. The van der Waals surface area contributed by atoms with Crippen LogP contribution in [-0.2, 0) is 0 Å². The molecule has 0 amide bonds. The molecule has 3 aromatic rings. The molecule has 0 spiro atoms. The van der Waals surface area contributed by atoms with Gasteiger partial charge < -0.3 is 4.74 Å². The van der Waals surface area contributed by atoms with Gasteiger partial charge >= 0.3 is 0 Å². The average molecular weight is 347 g/mol. The van der Waals surface area contributed by atoms with Crippen LogP contribution in [0.2, 0.25) is 0 Å².